The zero-order chi connectivity index (χ0) is 11.4. The molecule has 2 saturated carbocycles. The molecular formula is C13H23NO2. The number of nitrogens with zero attached hydrogens (tertiary/aromatic N) is 1. The van der Waals surface area contributed by atoms with Gasteiger partial charge in [-0.3, -0.25) is 9.69 Å². The van der Waals surface area contributed by atoms with Crippen molar-refractivity contribution < 1.29 is 9.90 Å². The summed E-state index contributed by atoms with van der Waals surface area (Å²) >= 11 is 0. The fraction of sp³-hybridized carbons (Fsp3) is 0.923. The smallest absolute Gasteiger partial charge is 0.304 e. The van der Waals surface area contributed by atoms with Gasteiger partial charge in [0.15, 0.2) is 0 Å². The van der Waals surface area contributed by atoms with Crippen LogP contribution in [0.5, 0.6) is 0 Å². The number of aliphatic carboxylic acids is 1. The van der Waals surface area contributed by atoms with Crippen molar-refractivity contribution in [2.75, 3.05) is 6.54 Å². The van der Waals surface area contributed by atoms with Crippen LogP contribution < -0.4 is 0 Å². The average Bonchev–Trinajstić information content (AvgIpc) is 3.03. The van der Waals surface area contributed by atoms with E-state index < -0.39 is 5.97 Å². The van der Waals surface area contributed by atoms with Gasteiger partial charge in [0.25, 0.3) is 0 Å². The Labute approximate surface area is 97.8 Å². The molecule has 0 bridgehead atoms. The number of carboxylic acids is 1. The molecule has 0 atom stereocenters. The Bertz CT molecular complexity index is 230. The molecule has 0 spiro atoms. The van der Waals surface area contributed by atoms with E-state index >= 15 is 0 Å². The molecule has 0 heterocycles. The molecule has 2 fully saturated rings. The van der Waals surface area contributed by atoms with Crippen LogP contribution in [-0.4, -0.2) is 34.6 Å². The van der Waals surface area contributed by atoms with Crippen molar-refractivity contribution in [3.8, 4) is 0 Å². The second-order valence-electron chi connectivity index (χ2n) is 5.26. The number of hydrogen-bond donors (Lipinski definition) is 1. The van der Waals surface area contributed by atoms with E-state index in [4.69, 9.17) is 5.11 Å². The van der Waals surface area contributed by atoms with Crippen LogP contribution in [-0.2, 0) is 4.79 Å². The van der Waals surface area contributed by atoms with Crippen LogP contribution in [0, 0.1) is 0 Å². The van der Waals surface area contributed by atoms with Crippen LogP contribution in [0.15, 0.2) is 0 Å². The summed E-state index contributed by atoms with van der Waals surface area (Å²) in [6.07, 6.45) is 10.9. The molecule has 3 nitrogen and oxygen atoms in total. The molecule has 0 aliphatic heterocycles. The molecule has 2 aliphatic carbocycles. The first-order chi connectivity index (χ1) is 7.77. The third kappa shape index (κ3) is 3.48. The largest absolute Gasteiger partial charge is 0.481 e. The number of carboxylic acid groups (broad SMARTS) is 1. The summed E-state index contributed by atoms with van der Waals surface area (Å²) in [7, 11) is 0. The molecule has 16 heavy (non-hydrogen) atoms. The molecule has 3 heteroatoms. The topological polar surface area (TPSA) is 40.5 Å². The van der Waals surface area contributed by atoms with E-state index in [1.54, 1.807) is 0 Å². The van der Waals surface area contributed by atoms with Gasteiger partial charge < -0.3 is 5.11 Å². The molecule has 0 radical (unpaired) electrons. The van der Waals surface area contributed by atoms with Crippen molar-refractivity contribution in [2.45, 2.75) is 69.9 Å². The number of rotatable bonds is 5. The molecule has 0 aromatic heterocycles. The van der Waals surface area contributed by atoms with Gasteiger partial charge in [0.05, 0.1) is 6.42 Å². The van der Waals surface area contributed by atoms with Crippen LogP contribution in [0.25, 0.3) is 0 Å². The first-order valence-corrected chi connectivity index (χ1v) is 6.75. The summed E-state index contributed by atoms with van der Waals surface area (Å²) < 4.78 is 0. The maximum absolute atomic E-state index is 10.7. The highest BCUT2D eigenvalue weighted by atomic mass is 16.4. The summed E-state index contributed by atoms with van der Waals surface area (Å²) in [5.74, 6) is -0.653. The van der Waals surface area contributed by atoms with Crippen LogP contribution in [0.3, 0.4) is 0 Å². The normalized spacial score (nSPS) is 23.3. The monoisotopic (exact) mass is 225 g/mol. The quantitative estimate of drug-likeness (QED) is 0.731. The van der Waals surface area contributed by atoms with Crippen LogP contribution >= 0.6 is 0 Å². The van der Waals surface area contributed by atoms with E-state index in [1.807, 2.05) is 0 Å². The van der Waals surface area contributed by atoms with Gasteiger partial charge in [0, 0.05) is 18.6 Å². The first kappa shape index (κ1) is 11.9. The summed E-state index contributed by atoms with van der Waals surface area (Å²) in [5, 5.41) is 8.79. The maximum atomic E-state index is 10.7. The molecule has 92 valence electrons. The Morgan fingerprint density at radius 1 is 1.00 bits per heavy atom. The van der Waals surface area contributed by atoms with Gasteiger partial charge in [-0.2, -0.15) is 0 Å². The molecule has 0 amide bonds. The van der Waals surface area contributed by atoms with Gasteiger partial charge in [0.1, 0.15) is 0 Å². The highest BCUT2D eigenvalue weighted by Crippen LogP contribution is 2.33. The number of carbonyl (C=O) groups is 1. The van der Waals surface area contributed by atoms with Crippen molar-refractivity contribution >= 4 is 5.97 Å². The molecule has 0 aromatic rings. The molecule has 1 N–H and O–H groups in total. The molecule has 2 aliphatic rings. The van der Waals surface area contributed by atoms with E-state index in [9.17, 15) is 4.79 Å². The fourth-order valence-corrected chi connectivity index (χ4v) is 2.88. The lowest BCUT2D eigenvalue weighted by Gasteiger charge is -2.30. The van der Waals surface area contributed by atoms with Crippen LogP contribution in [0.4, 0.5) is 0 Å². The molecule has 0 saturated heterocycles. The lowest BCUT2D eigenvalue weighted by atomic mass is 10.1. The SMILES string of the molecule is O=C(O)CCN(C1CCCCCC1)C1CC1. The average molecular weight is 225 g/mol. The second kappa shape index (κ2) is 5.67. The molecule has 0 unspecified atom stereocenters. The van der Waals surface area contributed by atoms with E-state index in [2.05, 4.69) is 4.90 Å². The Morgan fingerprint density at radius 3 is 2.06 bits per heavy atom. The Kier molecular flexibility index (Phi) is 4.22. The highest BCUT2D eigenvalue weighted by molar-refractivity contribution is 5.66. The van der Waals surface area contributed by atoms with Gasteiger partial charge in [-0.15, -0.1) is 0 Å². The Morgan fingerprint density at radius 2 is 1.56 bits per heavy atom. The summed E-state index contributed by atoms with van der Waals surface area (Å²) in [6.45, 7) is 0.769. The summed E-state index contributed by atoms with van der Waals surface area (Å²) in [5.41, 5.74) is 0. The minimum atomic E-state index is -0.653. The molecular weight excluding hydrogens is 202 g/mol. The lowest BCUT2D eigenvalue weighted by Crippen LogP contribution is -2.38. The van der Waals surface area contributed by atoms with Gasteiger partial charge in [0.2, 0.25) is 0 Å². The minimum absolute atomic E-state index is 0.312. The zero-order valence-electron chi connectivity index (χ0n) is 10.0. The standard InChI is InChI=1S/C13H23NO2/c15-13(16)9-10-14(12-7-8-12)11-5-3-1-2-4-6-11/h11-12H,1-10H2,(H,15,16). The van der Waals surface area contributed by atoms with E-state index in [0.717, 1.165) is 6.54 Å². The van der Waals surface area contributed by atoms with Crippen molar-refractivity contribution in [3.05, 3.63) is 0 Å². The zero-order valence-corrected chi connectivity index (χ0v) is 10.0. The van der Waals surface area contributed by atoms with Crippen molar-refractivity contribution in [1.82, 2.24) is 4.90 Å². The maximum Gasteiger partial charge on any atom is 0.304 e. The predicted octanol–water partition coefficient (Wildman–Crippen LogP) is 2.65. The van der Waals surface area contributed by atoms with E-state index in [0.29, 0.717) is 18.5 Å². The van der Waals surface area contributed by atoms with Gasteiger partial charge >= 0.3 is 5.97 Å². The predicted molar refractivity (Wildman–Crippen MR) is 63.5 cm³/mol. The molecule has 0 aromatic carbocycles. The van der Waals surface area contributed by atoms with Crippen molar-refractivity contribution in [2.24, 2.45) is 0 Å². The van der Waals surface area contributed by atoms with Gasteiger partial charge in [-0.05, 0) is 25.7 Å². The molecule has 2 rings (SSSR count). The second-order valence-corrected chi connectivity index (χ2v) is 5.26. The van der Waals surface area contributed by atoms with Crippen molar-refractivity contribution in [1.29, 1.82) is 0 Å². The Balaban J connectivity index is 1.86. The van der Waals surface area contributed by atoms with Crippen molar-refractivity contribution in [3.63, 3.8) is 0 Å². The van der Waals surface area contributed by atoms with E-state index in [-0.39, 0.29) is 0 Å². The highest BCUT2D eigenvalue weighted by Gasteiger charge is 2.33. The third-order valence-corrected chi connectivity index (χ3v) is 3.89. The minimum Gasteiger partial charge on any atom is -0.481 e. The first-order valence-electron chi connectivity index (χ1n) is 6.75. The Hall–Kier alpha value is -0.570. The van der Waals surface area contributed by atoms with Crippen LogP contribution in [0.1, 0.15) is 57.8 Å². The summed E-state index contributed by atoms with van der Waals surface area (Å²) in [6, 6.07) is 1.39. The van der Waals surface area contributed by atoms with Gasteiger partial charge in [-0.1, -0.05) is 25.7 Å². The number of hydrogen-bond acceptors (Lipinski definition) is 2. The van der Waals surface area contributed by atoms with Crippen LogP contribution in [0.2, 0.25) is 0 Å². The third-order valence-electron chi connectivity index (χ3n) is 3.89. The van der Waals surface area contributed by atoms with E-state index in [1.165, 1.54) is 51.4 Å². The lowest BCUT2D eigenvalue weighted by molar-refractivity contribution is -0.137. The van der Waals surface area contributed by atoms with Gasteiger partial charge in [-0.25, -0.2) is 0 Å². The fourth-order valence-electron chi connectivity index (χ4n) is 2.88. The summed E-state index contributed by atoms with van der Waals surface area (Å²) in [4.78, 5) is 13.2.